The minimum atomic E-state index is -0.832. The Balaban J connectivity index is 2.83. The molecule has 4 nitrogen and oxygen atoms in total. The number of carbonyl (C=O) groups is 1. The number of carbonyl (C=O) groups excluding carboxylic acids is 1. The van der Waals surface area contributed by atoms with Crippen LogP contribution in [0, 0.1) is 16.7 Å². The van der Waals surface area contributed by atoms with Crippen molar-refractivity contribution in [2.45, 2.75) is 52.0 Å². The van der Waals surface area contributed by atoms with Crippen molar-refractivity contribution in [3.8, 4) is 6.07 Å². The number of rotatable bonds is 6. The maximum absolute atomic E-state index is 12.6. The maximum atomic E-state index is 12.6. The largest absolute Gasteiger partial charge is 0.379 e. The summed E-state index contributed by atoms with van der Waals surface area (Å²) in [5.74, 6) is -0.0239. The summed E-state index contributed by atoms with van der Waals surface area (Å²) in [4.78, 5) is 14.3. The van der Waals surface area contributed by atoms with E-state index >= 15 is 0 Å². The molecule has 0 aliphatic carbocycles. The molecule has 0 spiro atoms. The number of nitrogens with zero attached hydrogens (tertiary/aromatic N) is 2. The van der Waals surface area contributed by atoms with Gasteiger partial charge < -0.3 is 9.64 Å². The van der Waals surface area contributed by atoms with Crippen LogP contribution in [-0.4, -0.2) is 37.1 Å². The lowest BCUT2D eigenvalue weighted by Gasteiger charge is -2.32. The fraction of sp³-hybridized carbons (Fsp3) is 0.857. The van der Waals surface area contributed by atoms with Crippen LogP contribution in [0.5, 0.6) is 0 Å². The van der Waals surface area contributed by atoms with E-state index in [-0.39, 0.29) is 11.9 Å². The third kappa shape index (κ3) is 3.02. The first-order chi connectivity index (χ1) is 8.61. The van der Waals surface area contributed by atoms with Crippen molar-refractivity contribution < 1.29 is 9.53 Å². The second kappa shape index (κ2) is 6.75. The molecule has 0 N–H and O–H groups in total. The standard InChI is InChI=1S/C14H24N2O2/c1-4-7-14(11-15,8-5-2)13(17)16(3)12-6-9-18-10-12/h12H,4-10H2,1-3H3. The normalized spacial score (nSPS) is 19.6. The molecule has 0 radical (unpaired) electrons. The molecular formula is C14H24N2O2. The highest BCUT2D eigenvalue weighted by atomic mass is 16.5. The van der Waals surface area contributed by atoms with Crippen LogP contribution < -0.4 is 0 Å². The molecule has 1 amide bonds. The number of likely N-dealkylation sites (N-methyl/N-ethyl adjacent to an activating group) is 1. The van der Waals surface area contributed by atoms with Gasteiger partial charge in [-0.1, -0.05) is 26.7 Å². The molecule has 0 aromatic rings. The number of nitriles is 1. The van der Waals surface area contributed by atoms with Gasteiger partial charge in [0.05, 0.1) is 18.7 Å². The van der Waals surface area contributed by atoms with Crippen molar-refractivity contribution in [1.29, 1.82) is 5.26 Å². The smallest absolute Gasteiger partial charge is 0.243 e. The van der Waals surface area contributed by atoms with Crippen LogP contribution in [0.15, 0.2) is 0 Å². The van der Waals surface area contributed by atoms with E-state index in [9.17, 15) is 10.1 Å². The van der Waals surface area contributed by atoms with Gasteiger partial charge in [-0.05, 0) is 19.3 Å². The molecule has 0 aromatic heterocycles. The van der Waals surface area contributed by atoms with Gasteiger partial charge in [0.2, 0.25) is 5.91 Å². The van der Waals surface area contributed by atoms with Crippen LogP contribution in [-0.2, 0) is 9.53 Å². The molecule has 1 rings (SSSR count). The molecule has 1 atom stereocenters. The summed E-state index contributed by atoms with van der Waals surface area (Å²) in [6, 6.07) is 2.43. The summed E-state index contributed by atoms with van der Waals surface area (Å²) in [6.45, 7) is 5.35. The molecule has 1 heterocycles. The van der Waals surface area contributed by atoms with Gasteiger partial charge in [-0.25, -0.2) is 0 Å². The molecule has 1 saturated heterocycles. The minimum absolute atomic E-state index is 0.0239. The van der Waals surface area contributed by atoms with E-state index < -0.39 is 5.41 Å². The van der Waals surface area contributed by atoms with Crippen molar-refractivity contribution in [2.24, 2.45) is 5.41 Å². The first-order valence-corrected chi connectivity index (χ1v) is 6.87. The Kier molecular flexibility index (Phi) is 5.61. The van der Waals surface area contributed by atoms with Crippen LogP contribution in [0.2, 0.25) is 0 Å². The Morgan fingerprint density at radius 1 is 1.44 bits per heavy atom. The Bertz CT molecular complexity index is 310. The SMILES string of the molecule is CCCC(C#N)(CCC)C(=O)N(C)C1CCOC1. The Labute approximate surface area is 110 Å². The Morgan fingerprint density at radius 2 is 2.06 bits per heavy atom. The second-order valence-corrected chi connectivity index (χ2v) is 5.13. The summed E-state index contributed by atoms with van der Waals surface area (Å²) in [7, 11) is 1.80. The van der Waals surface area contributed by atoms with Crippen molar-refractivity contribution in [3.05, 3.63) is 0 Å². The van der Waals surface area contributed by atoms with E-state index in [4.69, 9.17) is 4.74 Å². The molecule has 18 heavy (non-hydrogen) atoms. The topological polar surface area (TPSA) is 53.3 Å². The van der Waals surface area contributed by atoms with Gasteiger partial charge in [-0.3, -0.25) is 4.79 Å². The Hall–Kier alpha value is -1.08. The fourth-order valence-electron chi connectivity index (χ4n) is 2.68. The molecule has 1 aliphatic heterocycles. The average molecular weight is 252 g/mol. The molecule has 0 saturated carbocycles. The van der Waals surface area contributed by atoms with E-state index in [2.05, 4.69) is 6.07 Å². The van der Waals surface area contributed by atoms with Crippen LogP contribution >= 0.6 is 0 Å². The van der Waals surface area contributed by atoms with E-state index in [0.717, 1.165) is 19.3 Å². The molecule has 0 aromatic carbocycles. The summed E-state index contributed by atoms with van der Waals surface area (Å²) in [5, 5.41) is 9.47. The molecule has 1 aliphatic rings. The lowest BCUT2D eigenvalue weighted by atomic mass is 9.79. The van der Waals surface area contributed by atoms with Gasteiger partial charge in [0.15, 0.2) is 0 Å². The van der Waals surface area contributed by atoms with Gasteiger partial charge in [-0.2, -0.15) is 5.26 Å². The van der Waals surface area contributed by atoms with Gasteiger partial charge in [-0.15, -0.1) is 0 Å². The number of hydrogen-bond donors (Lipinski definition) is 0. The first-order valence-electron chi connectivity index (χ1n) is 6.87. The Morgan fingerprint density at radius 3 is 2.44 bits per heavy atom. The summed E-state index contributed by atoms with van der Waals surface area (Å²) < 4.78 is 5.32. The lowest BCUT2D eigenvalue weighted by molar-refractivity contribution is -0.140. The van der Waals surface area contributed by atoms with Crippen molar-refractivity contribution in [2.75, 3.05) is 20.3 Å². The quantitative estimate of drug-likeness (QED) is 0.729. The molecule has 102 valence electrons. The van der Waals surface area contributed by atoms with Crippen LogP contribution in [0.1, 0.15) is 46.0 Å². The number of ether oxygens (including phenoxy) is 1. The molecule has 1 unspecified atom stereocenters. The highest BCUT2D eigenvalue weighted by molar-refractivity contribution is 5.85. The minimum Gasteiger partial charge on any atom is -0.379 e. The van der Waals surface area contributed by atoms with Gasteiger partial charge in [0, 0.05) is 13.7 Å². The summed E-state index contributed by atoms with van der Waals surface area (Å²) >= 11 is 0. The van der Waals surface area contributed by atoms with E-state index in [0.29, 0.717) is 26.1 Å². The average Bonchev–Trinajstić information content (AvgIpc) is 2.90. The monoisotopic (exact) mass is 252 g/mol. The lowest BCUT2D eigenvalue weighted by Crippen LogP contribution is -2.46. The highest BCUT2D eigenvalue weighted by Gasteiger charge is 2.41. The van der Waals surface area contributed by atoms with Crippen LogP contribution in [0.4, 0.5) is 0 Å². The van der Waals surface area contributed by atoms with Gasteiger partial charge >= 0.3 is 0 Å². The highest BCUT2D eigenvalue weighted by Crippen LogP contribution is 2.32. The van der Waals surface area contributed by atoms with E-state index in [1.54, 1.807) is 11.9 Å². The zero-order chi connectivity index (χ0) is 13.6. The zero-order valence-electron chi connectivity index (χ0n) is 11.7. The molecule has 0 bridgehead atoms. The maximum Gasteiger partial charge on any atom is 0.243 e. The number of amides is 1. The van der Waals surface area contributed by atoms with Crippen molar-refractivity contribution in [1.82, 2.24) is 4.90 Å². The first kappa shape index (κ1) is 15.0. The molecule has 1 fully saturated rings. The van der Waals surface area contributed by atoms with Gasteiger partial charge in [0.25, 0.3) is 0 Å². The summed E-state index contributed by atoms with van der Waals surface area (Å²) in [5.41, 5.74) is -0.832. The van der Waals surface area contributed by atoms with Crippen molar-refractivity contribution >= 4 is 5.91 Å². The molecular weight excluding hydrogens is 228 g/mol. The fourth-order valence-corrected chi connectivity index (χ4v) is 2.68. The third-order valence-corrected chi connectivity index (χ3v) is 3.75. The predicted octanol–water partition coefficient (Wildman–Crippen LogP) is 2.34. The van der Waals surface area contributed by atoms with Crippen molar-refractivity contribution in [3.63, 3.8) is 0 Å². The third-order valence-electron chi connectivity index (χ3n) is 3.75. The summed E-state index contributed by atoms with van der Waals surface area (Å²) in [6.07, 6.45) is 3.88. The van der Waals surface area contributed by atoms with Gasteiger partial charge in [0.1, 0.15) is 5.41 Å². The van der Waals surface area contributed by atoms with E-state index in [1.807, 2.05) is 13.8 Å². The number of hydrogen-bond acceptors (Lipinski definition) is 3. The predicted molar refractivity (Wildman–Crippen MR) is 69.9 cm³/mol. The zero-order valence-corrected chi connectivity index (χ0v) is 11.7. The van der Waals surface area contributed by atoms with E-state index in [1.165, 1.54) is 0 Å². The van der Waals surface area contributed by atoms with Crippen LogP contribution in [0.25, 0.3) is 0 Å². The van der Waals surface area contributed by atoms with Crippen LogP contribution in [0.3, 0.4) is 0 Å². The molecule has 4 heteroatoms. The second-order valence-electron chi connectivity index (χ2n) is 5.13.